The van der Waals surface area contributed by atoms with Gasteiger partial charge < -0.3 is 9.84 Å². The van der Waals surface area contributed by atoms with Gasteiger partial charge in [0.2, 0.25) is 0 Å². The Hall–Kier alpha value is -1.02. The van der Waals surface area contributed by atoms with Gasteiger partial charge in [0.1, 0.15) is 11.9 Å². The van der Waals surface area contributed by atoms with E-state index >= 15 is 0 Å². The molecular weight excluding hydrogens is 224 g/mol. The molecular formula is C16H24O2. The van der Waals surface area contributed by atoms with Gasteiger partial charge in [0.25, 0.3) is 0 Å². The van der Waals surface area contributed by atoms with E-state index in [9.17, 15) is 5.11 Å². The first-order valence-electron chi connectivity index (χ1n) is 6.98. The van der Waals surface area contributed by atoms with Crippen LogP contribution in [0.5, 0.6) is 5.75 Å². The van der Waals surface area contributed by atoms with E-state index in [2.05, 4.69) is 13.8 Å². The molecule has 0 aromatic heterocycles. The van der Waals surface area contributed by atoms with Gasteiger partial charge in [-0.15, -0.1) is 0 Å². The van der Waals surface area contributed by atoms with E-state index in [1.165, 1.54) is 0 Å². The Morgan fingerprint density at radius 2 is 1.94 bits per heavy atom. The fourth-order valence-corrected chi connectivity index (χ4v) is 2.73. The topological polar surface area (TPSA) is 29.5 Å². The van der Waals surface area contributed by atoms with Crippen LogP contribution in [-0.4, -0.2) is 17.3 Å². The van der Waals surface area contributed by atoms with Crippen molar-refractivity contribution < 1.29 is 9.84 Å². The summed E-state index contributed by atoms with van der Waals surface area (Å²) in [5.74, 6) is 2.24. The minimum Gasteiger partial charge on any atom is -0.487 e. The number of aryl methyl sites for hydroxylation is 1. The molecule has 0 amide bonds. The van der Waals surface area contributed by atoms with Crippen molar-refractivity contribution in [2.45, 2.75) is 52.2 Å². The summed E-state index contributed by atoms with van der Waals surface area (Å²) in [5, 5.41) is 10.1. The molecule has 3 atom stereocenters. The van der Waals surface area contributed by atoms with Gasteiger partial charge in [0, 0.05) is 0 Å². The largest absolute Gasteiger partial charge is 0.487 e. The molecule has 2 nitrogen and oxygen atoms in total. The number of hydrogen-bond donors (Lipinski definition) is 1. The molecule has 1 saturated carbocycles. The van der Waals surface area contributed by atoms with Crippen molar-refractivity contribution >= 4 is 0 Å². The van der Waals surface area contributed by atoms with Crippen LogP contribution in [-0.2, 0) is 0 Å². The van der Waals surface area contributed by atoms with E-state index in [1.807, 2.05) is 31.2 Å². The number of aliphatic hydroxyl groups excluding tert-OH is 1. The van der Waals surface area contributed by atoms with Crippen LogP contribution in [0.1, 0.15) is 38.7 Å². The number of hydrogen-bond acceptors (Lipinski definition) is 2. The zero-order valence-electron chi connectivity index (χ0n) is 11.6. The van der Waals surface area contributed by atoms with Crippen molar-refractivity contribution in [2.75, 3.05) is 0 Å². The third-order valence-corrected chi connectivity index (χ3v) is 4.11. The van der Waals surface area contributed by atoms with E-state index in [1.54, 1.807) is 0 Å². The Balaban J connectivity index is 2.05. The maximum absolute atomic E-state index is 10.1. The first kappa shape index (κ1) is 13.4. The Bertz CT molecular complexity index is 386. The second kappa shape index (κ2) is 5.75. The first-order valence-corrected chi connectivity index (χ1v) is 6.98. The van der Waals surface area contributed by atoms with Crippen molar-refractivity contribution in [3.63, 3.8) is 0 Å². The molecule has 0 spiro atoms. The average Bonchev–Trinajstić information content (AvgIpc) is 2.34. The van der Waals surface area contributed by atoms with Crippen LogP contribution in [0.25, 0.3) is 0 Å². The van der Waals surface area contributed by atoms with Crippen molar-refractivity contribution in [3.05, 3.63) is 29.8 Å². The molecule has 1 aliphatic carbocycles. The van der Waals surface area contributed by atoms with E-state index < -0.39 is 0 Å². The monoisotopic (exact) mass is 248 g/mol. The van der Waals surface area contributed by atoms with Crippen molar-refractivity contribution in [3.8, 4) is 5.75 Å². The molecule has 0 aliphatic heterocycles. The third-order valence-electron chi connectivity index (χ3n) is 4.11. The second-order valence-electron chi connectivity index (χ2n) is 5.81. The zero-order valence-corrected chi connectivity index (χ0v) is 11.6. The van der Waals surface area contributed by atoms with Crippen LogP contribution >= 0.6 is 0 Å². The Morgan fingerprint density at radius 1 is 1.22 bits per heavy atom. The minimum atomic E-state index is -0.320. The lowest BCUT2D eigenvalue weighted by Gasteiger charge is -2.35. The minimum absolute atomic E-state index is 0.0488. The maximum Gasteiger partial charge on any atom is 0.125 e. The number of benzene rings is 1. The van der Waals surface area contributed by atoms with Crippen LogP contribution < -0.4 is 4.74 Å². The Kier molecular flexibility index (Phi) is 4.28. The number of aliphatic hydroxyl groups is 1. The van der Waals surface area contributed by atoms with Crippen molar-refractivity contribution in [1.29, 1.82) is 0 Å². The number of para-hydroxylation sites is 1. The van der Waals surface area contributed by atoms with Crippen LogP contribution in [0.3, 0.4) is 0 Å². The lowest BCUT2D eigenvalue weighted by Crippen LogP contribution is -2.39. The SMILES string of the molecule is Cc1ccccc1OC1CC(C(C)C)CCC1O. The average molecular weight is 248 g/mol. The molecule has 1 aromatic carbocycles. The standard InChI is InChI=1S/C16H24O2/c1-11(2)13-8-9-14(17)16(10-13)18-15-7-5-4-6-12(15)3/h4-7,11,13-14,16-17H,8-10H2,1-3H3. The normalized spacial score (nSPS) is 28.4. The quantitative estimate of drug-likeness (QED) is 0.886. The highest BCUT2D eigenvalue weighted by Crippen LogP contribution is 2.33. The van der Waals surface area contributed by atoms with Gasteiger partial charge in [-0.1, -0.05) is 32.0 Å². The predicted molar refractivity (Wildman–Crippen MR) is 73.8 cm³/mol. The number of rotatable bonds is 3. The molecule has 1 aromatic rings. The fraction of sp³-hybridized carbons (Fsp3) is 0.625. The molecule has 100 valence electrons. The second-order valence-corrected chi connectivity index (χ2v) is 5.81. The van der Waals surface area contributed by atoms with Gasteiger partial charge in [-0.2, -0.15) is 0 Å². The summed E-state index contributed by atoms with van der Waals surface area (Å²) in [6.45, 7) is 6.56. The highest BCUT2D eigenvalue weighted by molar-refractivity contribution is 5.32. The van der Waals surface area contributed by atoms with Crippen LogP contribution in [0.15, 0.2) is 24.3 Å². The van der Waals surface area contributed by atoms with Crippen LogP contribution in [0.2, 0.25) is 0 Å². The molecule has 1 fully saturated rings. The molecule has 18 heavy (non-hydrogen) atoms. The molecule has 0 saturated heterocycles. The molecule has 3 unspecified atom stereocenters. The zero-order chi connectivity index (χ0) is 13.1. The predicted octanol–water partition coefficient (Wildman–Crippen LogP) is 3.56. The van der Waals surface area contributed by atoms with Crippen LogP contribution in [0.4, 0.5) is 0 Å². The summed E-state index contributed by atoms with van der Waals surface area (Å²) >= 11 is 0. The number of ether oxygens (including phenoxy) is 1. The first-order chi connectivity index (χ1) is 8.58. The molecule has 0 bridgehead atoms. The molecule has 2 heteroatoms. The third kappa shape index (κ3) is 3.05. The van der Waals surface area contributed by atoms with Gasteiger partial charge in [0.05, 0.1) is 6.10 Å². The molecule has 2 rings (SSSR count). The summed E-state index contributed by atoms with van der Waals surface area (Å²) in [6, 6.07) is 8.03. The van der Waals surface area contributed by atoms with Gasteiger partial charge in [-0.05, 0) is 49.7 Å². The Morgan fingerprint density at radius 3 is 2.61 bits per heavy atom. The van der Waals surface area contributed by atoms with E-state index in [-0.39, 0.29) is 12.2 Å². The summed E-state index contributed by atoms with van der Waals surface area (Å²) in [4.78, 5) is 0. The summed E-state index contributed by atoms with van der Waals surface area (Å²) in [5.41, 5.74) is 1.14. The van der Waals surface area contributed by atoms with E-state index in [0.29, 0.717) is 11.8 Å². The molecule has 0 radical (unpaired) electrons. The van der Waals surface area contributed by atoms with Gasteiger partial charge in [-0.25, -0.2) is 0 Å². The van der Waals surface area contributed by atoms with Gasteiger partial charge in [0.15, 0.2) is 0 Å². The van der Waals surface area contributed by atoms with Crippen LogP contribution in [0, 0.1) is 18.8 Å². The smallest absolute Gasteiger partial charge is 0.125 e. The highest BCUT2D eigenvalue weighted by atomic mass is 16.5. The summed E-state index contributed by atoms with van der Waals surface area (Å²) < 4.78 is 6.03. The van der Waals surface area contributed by atoms with Gasteiger partial charge >= 0.3 is 0 Å². The van der Waals surface area contributed by atoms with Gasteiger partial charge in [-0.3, -0.25) is 0 Å². The molecule has 1 N–H and O–H groups in total. The highest BCUT2D eigenvalue weighted by Gasteiger charge is 2.32. The van der Waals surface area contributed by atoms with E-state index in [0.717, 1.165) is 30.6 Å². The summed E-state index contributed by atoms with van der Waals surface area (Å²) in [7, 11) is 0. The lowest BCUT2D eigenvalue weighted by molar-refractivity contribution is -0.0179. The maximum atomic E-state index is 10.1. The Labute approximate surface area is 110 Å². The van der Waals surface area contributed by atoms with E-state index in [4.69, 9.17) is 4.74 Å². The molecule has 0 heterocycles. The van der Waals surface area contributed by atoms with Crippen molar-refractivity contribution in [1.82, 2.24) is 0 Å². The lowest BCUT2D eigenvalue weighted by atomic mass is 9.79. The fourth-order valence-electron chi connectivity index (χ4n) is 2.73. The van der Waals surface area contributed by atoms with Crippen molar-refractivity contribution in [2.24, 2.45) is 11.8 Å². The molecule has 1 aliphatic rings. The summed E-state index contributed by atoms with van der Waals surface area (Å²) in [6.07, 6.45) is 2.57.